The van der Waals surface area contributed by atoms with Gasteiger partial charge in [0.2, 0.25) is 0 Å². The van der Waals surface area contributed by atoms with Gasteiger partial charge in [0.05, 0.1) is 23.4 Å². The van der Waals surface area contributed by atoms with Crippen LogP contribution in [0.15, 0.2) is 65.1 Å². The van der Waals surface area contributed by atoms with E-state index < -0.39 is 5.91 Å². The number of likely N-dealkylation sites (tertiary alicyclic amines) is 1. The smallest absolute Gasteiger partial charge is 0.279 e. The highest BCUT2D eigenvalue weighted by molar-refractivity contribution is 6.35. The Hall–Kier alpha value is -3.58. The number of nitrogens with zero attached hydrogens (tertiary/aromatic N) is 3. The second-order valence-corrected chi connectivity index (χ2v) is 9.61. The molecule has 2 aliphatic heterocycles. The molecule has 0 bridgehead atoms. The number of aromatic amines is 1. The van der Waals surface area contributed by atoms with Crippen molar-refractivity contribution in [3.8, 4) is 5.69 Å². The molecule has 0 aliphatic carbocycles. The molecule has 1 aromatic heterocycles. The molecule has 1 atom stereocenters. The van der Waals surface area contributed by atoms with Gasteiger partial charge in [-0.05, 0) is 56.9 Å². The van der Waals surface area contributed by atoms with E-state index in [2.05, 4.69) is 12.0 Å². The van der Waals surface area contributed by atoms with E-state index in [9.17, 15) is 14.4 Å². The lowest BCUT2D eigenvalue weighted by molar-refractivity contribution is -0.138. The zero-order valence-electron chi connectivity index (χ0n) is 19.8. The number of hydrogen-bond acceptors (Lipinski definition) is 4. The van der Waals surface area contributed by atoms with E-state index in [1.165, 1.54) is 9.58 Å². The largest absolute Gasteiger partial charge is 0.364 e. The molecule has 2 amide bonds. The van der Waals surface area contributed by atoms with Crippen molar-refractivity contribution in [3.05, 3.63) is 92.5 Å². The summed E-state index contributed by atoms with van der Waals surface area (Å²) in [7, 11) is 0. The average Bonchev–Trinajstić information content (AvgIpc) is 3.27. The molecule has 0 spiro atoms. The number of carbonyl (C=O) groups excluding carboxylic acids is 2. The number of aryl methyl sites for hydroxylation is 1. The Morgan fingerprint density at radius 3 is 2.49 bits per heavy atom. The molecular formula is C27H27ClN4O3. The van der Waals surface area contributed by atoms with Crippen molar-refractivity contribution in [2.24, 2.45) is 0 Å². The van der Waals surface area contributed by atoms with Gasteiger partial charge < -0.3 is 4.90 Å². The molecule has 3 aromatic rings. The van der Waals surface area contributed by atoms with Crippen molar-refractivity contribution in [2.75, 3.05) is 6.54 Å². The van der Waals surface area contributed by atoms with Gasteiger partial charge in [0, 0.05) is 23.3 Å². The van der Waals surface area contributed by atoms with Gasteiger partial charge in [-0.25, -0.2) is 4.68 Å². The Balaban J connectivity index is 1.66. The van der Waals surface area contributed by atoms with Gasteiger partial charge in [0.15, 0.2) is 0 Å². The van der Waals surface area contributed by atoms with Crippen LogP contribution in [0.1, 0.15) is 43.0 Å². The van der Waals surface area contributed by atoms with E-state index in [1.54, 1.807) is 31.2 Å². The quantitative estimate of drug-likeness (QED) is 0.541. The van der Waals surface area contributed by atoms with Crippen LogP contribution in [0.3, 0.4) is 0 Å². The molecule has 7 nitrogen and oxygen atoms in total. The normalized spacial score (nSPS) is 18.7. The minimum absolute atomic E-state index is 0.0941. The Morgan fingerprint density at radius 2 is 1.77 bits per heavy atom. The maximum Gasteiger partial charge on any atom is 0.279 e. The van der Waals surface area contributed by atoms with Crippen molar-refractivity contribution < 1.29 is 9.59 Å². The van der Waals surface area contributed by atoms with E-state index in [1.807, 2.05) is 35.2 Å². The maximum absolute atomic E-state index is 13.8. The highest BCUT2D eigenvalue weighted by Gasteiger charge is 2.44. The van der Waals surface area contributed by atoms with Crippen LogP contribution in [0, 0.1) is 6.92 Å². The molecule has 1 saturated heterocycles. The number of hydrogen-bond donors (Lipinski definition) is 1. The lowest BCUT2D eigenvalue weighted by Gasteiger charge is -2.36. The van der Waals surface area contributed by atoms with E-state index in [0.29, 0.717) is 28.6 Å². The molecule has 1 unspecified atom stereocenters. The van der Waals surface area contributed by atoms with Crippen LogP contribution in [0.4, 0.5) is 0 Å². The summed E-state index contributed by atoms with van der Waals surface area (Å²) in [6.45, 7) is 4.64. The second-order valence-electron chi connectivity index (χ2n) is 9.18. The third kappa shape index (κ3) is 4.10. The van der Waals surface area contributed by atoms with Crippen LogP contribution in [-0.4, -0.2) is 44.0 Å². The van der Waals surface area contributed by atoms with Crippen molar-refractivity contribution in [3.63, 3.8) is 0 Å². The molecular weight excluding hydrogens is 464 g/mol. The summed E-state index contributed by atoms with van der Waals surface area (Å²) in [4.78, 5) is 44.5. The summed E-state index contributed by atoms with van der Waals surface area (Å²) in [6, 6.07) is 16.4. The number of rotatable bonds is 5. The van der Waals surface area contributed by atoms with Crippen LogP contribution in [0.25, 0.3) is 11.3 Å². The summed E-state index contributed by atoms with van der Waals surface area (Å²) in [6.07, 6.45) is 2.93. The van der Waals surface area contributed by atoms with Gasteiger partial charge in [-0.3, -0.25) is 24.4 Å². The highest BCUT2D eigenvalue weighted by atomic mass is 35.5. The molecule has 0 radical (unpaired) electrons. The lowest BCUT2D eigenvalue weighted by Crippen LogP contribution is -2.41. The van der Waals surface area contributed by atoms with Gasteiger partial charge in [-0.1, -0.05) is 48.0 Å². The number of nitrogens with one attached hydrogen (secondary N) is 1. The van der Waals surface area contributed by atoms with Crippen molar-refractivity contribution in [1.29, 1.82) is 0 Å². The van der Waals surface area contributed by atoms with Crippen molar-refractivity contribution >= 4 is 29.0 Å². The standard InChI is InChI=1S/C27H27ClN4O3/c1-17-9-6-7-14-30(17)24-23(25(33)31(27(24)35)16-19-10-4-3-5-11-19)22-18(2)29-32(26(22)34)21-13-8-12-20(28)15-21/h3-5,8,10-13,15,17,29H,6-7,9,14,16H2,1-2H3. The number of carbonyl (C=O) groups is 2. The molecule has 8 heteroatoms. The van der Waals surface area contributed by atoms with Crippen LogP contribution < -0.4 is 5.56 Å². The van der Waals surface area contributed by atoms with Gasteiger partial charge in [0.25, 0.3) is 17.4 Å². The Bertz CT molecular complexity index is 1390. The first-order valence-corrected chi connectivity index (χ1v) is 12.2. The predicted molar refractivity (Wildman–Crippen MR) is 135 cm³/mol. The summed E-state index contributed by atoms with van der Waals surface area (Å²) < 4.78 is 1.37. The van der Waals surface area contributed by atoms with Gasteiger partial charge in [-0.2, -0.15) is 0 Å². The van der Waals surface area contributed by atoms with E-state index in [-0.39, 0.29) is 35.2 Å². The first-order chi connectivity index (χ1) is 16.9. The van der Waals surface area contributed by atoms with Crippen molar-refractivity contribution in [1.82, 2.24) is 19.6 Å². The fraction of sp³-hybridized carbons (Fsp3) is 0.296. The van der Waals surface area contributed by atoms with E-state index in [4.69, 9.17) is 11.6 Å². The number of amides is 2. The molecule has 2 aromatic carbocycles. The molecule has 0 saturated carbocycles. The number of halogens is 1. The topological polar surface area (TPSA) is 78.4 Å². The number of piperidine rings is 1. The molecule has 35 heavy (non-hydrogen) atoms. The van der Waals surface area contributed by atoms with Crippen LogP contribution in [0.5, 0.6) is 0 Å². The molecule has 3 heterocycles. The van der Waals surface area contributed by atoms with Crippen LogP contribution in [0.2, 0.25) is 5.02 Å². The van der Waals surface area contributed by atoms with E-state index >= 15 is 0 Å². The molecule has 180 valence electrons. The lowest BCUT2D eigenvalue weighted by atomic mass is 9.99. The number of H-pyrrole nitrogens is 1. The van der Waals surface area contributed by atoms with Gasteiger partial charge in [0.1, 0.15) is 5.70 Å². The molecule has 5 rings (SSSR count). The second kappa shape index (κ2) is 9.23. The fourth-order valence-electron chi connectivity index (χ4n) is 5.03. The van der Waals surface area contributed by atoms with Crippen LogP contribution >= 0.6 is 11.6 Å². The maximum atomic E-state index is 13.8. The Morgan fingerprint density at radius 1 is 1.00 bits per heavy atom. The third-order valence-corrected chi connectivity index (χ3v) is 7.04. The minimum atomic E-state index is -0.441. The molecule has 1 fully saturated rings. The summed E-state index contributed by atoms with van der Waals surface area (Å²) in [5, 5.41) is 3.57. The summed E-state index contributed by atoms with van der Waals surface area (Å²) >= 11 is 6.15. The minimum Gasteiger partial charge on any atom is -0.364 e. The average molecular weight is 491 g/mol. The Kier molecular flexibility index (Phi) is 6.11. The van der Waals surface area contributed by atoms with Crippen molar-refractivity contribution in [2.45, 2.75) is 45.7 Å². The summed E-state index contributed by atoms with van der Waals surface area (Å²) in [5.41, 5.74) is 2.29. The highest BCUT2D eigenvalue weighted by Crippen LogP contribution is 2.35. The number of benzene rings is 2. The zero-order valence-corrected chi connectivity index (χ0v) is 20.5. The first-order valence-electron chi connectivity index (χ1n) is 11.9. The van der Waals surface area contributed by atoms with Gasteiger partial charge in [-0.15, -0.1) is 0 Å². The van der Waals surface area contributed by atoms with Crippen LogP contribution in [-0.2, 0) is 16.1 Å². The fourth-order valence-corrected chi connectivity index (χ4v) is 5.22. The first kappa shape index (κ1) is 23.2. The monoisotopic (exact) mass is 490 g/mol. The molecule has 2 aliphatic rings. The SMILES string of the molecule is Cc1[nH]n(-c2cccc(Cl)c2)c(=O)c1C1=C(N2CCCCC2C)C(=O)N(Cc2ccccc2)C1=O. The number of imide groups is 1. The Labute approximate surface area is 208 Å². The zero-order chi connectivity index (χ0) is 24.7. The third-order valence-electron chi connectivity index (χ3n) is 6.81. The number of aromatic nitrogens is 2. The molecule has 1 N–H and O–H groups in total. The van der Waals surface area contributed by atoms with E-state index in [0.717, 1.165) is 24.8 Å². The van der Waals surface area contributed by atoms with Gasteiger partial charge >= 0.3 is 0 Å². The predicted octanol–water partition coefficient (Wildman–Crippen LogP) is 4.28. The summed E-state index contributed by atoms with van der Waals surface area (Å²) in [5.74, 6) is -0.791.